The SMILES string of the molecule is CC(C)NCCCC(=O)N1CC2(C)CC1CC(C)(C)C2. The van der Waals surface area contributed by atoms with Gasteiger partial charge in [0.05, 0.1) is 0 Å². The van der Waals surface area contributed by atoms with Gasteiger partial charge in [-0.15, -0.1) is 0 Å². The summed E-state index contributed by atoms with van der Waals surface area (Å²) in [6.07, 6.45) is 5.31. The van der Waals surface area contributed by atoms with Crippen LogP contribution in [0.3, 0.4) is 0 Å². The van der Waals surface area contributed by atoms with Crippen LogP contribution in [0.15, 0.2) is 0 Å². The van der Waals surface area contributed by atoms with Gasteiger partial charge in [-0.25, -0.2) is 0 Å². The van der Waals surface area contributed by atoms with Gasteiger partial charge in [0.2, 0.25) is 5.91 Å². The molecule has 3 nitrogen and oxygen atoms in total. The first kappa shape index (κ1) is 15.8. The molecule has 1 N–H and O–H groups in total. The zero-order chi connectivity index (χ0) is 15.0. The third-order valence-corrected chi connectivity index (χ3v) is 4.86. The number of rotatable bonds is 5. The molecular formula is C17H32N2O. The Morgan fingerprint density at radius 3 is 2.65 bits per heavy atom. The lowest BCUT2D eigenvalue weighted by atomic mass is 9.65. The maximum atomic E-state index is 12.5. The third kappa shape index (κ3) is 3.75. The minimum Gasteiger partial charge on any atom is -0.339 e. The van der Waals surface area contributed by atoms with E-state index in [4.69, 9.17) is 0 Å². The number of nitrogens with one attached hydrogen (secondary N) is 1. The second-order valence-corrected chi connectivity index (χ2v) is 8.45. The van der Waals surface area contributed by atoms with Gasteiger partial charge in [0.15, 0.2) is 0 Å². The highest BCUT2D eigenvalue weighted by Crippen LogP contribution is 2.52. The van der Waals surface area contributed by atoms with Gasteiger partial charge < -0.3 is 10.2 Å². The summed E-state index contributed by atoms with van der Waals surface area (Å²) in [4.78, 5) is 14.7. The lowest BCUT2D eigenvalue weighted by Crippen LogP contribution is -2.38. The van der Waals surface area contributed by atoms with Gasteiger partial charge in [-0.3, -0.25) is 4.79 Å². The second-order valence-electron chi connectivity index (χ2n) is 8.45. The van der Waals surface area contributed by atoms with E-state index >= 15 is 0 Å². The van der Waals surface area contributed by atoms with Crippen LogP contribution in [-0.2, 0) is 4.79 Å². The normalized spacial score (nSPS) is 31.9. The Balaban J connectivity index is 1.86. The lowest BCUT2D eigenvalue weighted by Gasteiger charge is -2.39. The van der Waals surface area contributed by atoms with Crippen LogP contribution in [0.4, 0.5) is 0 Å². The Kier molecular flexibility index (Phi) is 4.48. The van der Waals surface area contributed by atoms with Gasteiger partial charge in [-0.2, -0.15) is 0 Å². The highest BCUT2D eigenvalue weighted by molar-refractivity contribution is 5.77. The summed E-state index contributed by atoms with van der Waals surface area (Å²) in [5.41, 5.74) is 0.754. The topological polar surface area (TPSA) is 32.3 Å². The smallest absolute Gasteiger partial charge is 0.222 e. The van der Waals surface area contributed by atoms with Crippen LogP contribution in [0.2, 0.25) is 0 Å². The minimum absolute atomic E-state index is 0.359. The van der Waals surface area contributed by atoms with E-state index in [9.17, 15) is 4.79 Å². The quantitative estimate of drug-likeness (QED) is 0.784. The maximum Gasteiger partial charge on any atom is 0.222 e. The van der Waals surface area contributed by atoms with Crippen LogP contribution >= 0.6 is 0 Å². The molecule has 0 aromatic carbocycles. The zero-order valence-electron chi connectivity index (χ0n) is 14.0. The summed E-state index contributed by atoms with van der Waals surface area (Å²) >= 11 is 0. The van der Waals surface area contributed by atoms with Crippen LogP contribution in [0.25, 0.3) is 0 Å². The number of carbonyl (C=O) groups excluding carboxylic acids is 1. The van der Waals surface area contributed by atoms with E-state index < -0.39 is 0 Å². The summed E-state index contributed by atoms with van der Waals surface area (Å²) in [6, 6.07) is 1.00. The number of nitrogens with zero attached hydrogens (tertiary/aromatic N) is 1. The molecule has 1 saturated carbocycles. The van der Waals surface area contributed by atoms with E-state index in [1.54, 1.807) is 0 Å². The molecule has 20 heavy (non-hydrogen) atoms. The lowest BCUT2D eigenvalue weighted by molar-refractivity contribution is -0.132. The molecule has 2 unspecified atom stereocenters. The summed E-state index contributed by atoms with van der Waals surface area (Å²) in [5.74, 6) is 0.377. The zero-order valence-corrected chi connectivity index (χ0v) is 14.0. The first-order valence-electron chi connectivity index (χ1n) is 8.24. The third-order valence-electron chi connectivity index (χ3n) is 4.86. The number of carbonyl (C=O) groups is 1. The van der Waals surface area contributed by atoms with Crippen molar-refractivity contribution < 1.29 is 4.79 Å². The van der Waals surface area contributed by atoms with E-state index in [0.717, 1.165) is 19.5 Å². The molecule has 2 bridgehead atoms. The van der Waals surface area contributed by atoms with Crippen molar-refractivity contribution in [3.05, 3.63) is 0 Å². The average Bonchev–Trinajstić information content (AvgIpc) is 2.53. The molecular weight excluding hydrogens is 248 g/mol. The van der Waals surface area contributed by atoms with Crippen LogP contribution in [-0.4, -0.2) is 36.0 Å². The molecule has 2 rings (SSSR count). The number of hydrogen-bond acceptors (Lipinski definition) is 2. The van der Waals surface area contributed by atoms with Gasteiger partial charge in [0.25, 0.3) is 0 Å². The molecule has 0 aromatic heterocycles. The molecule has 0 spiro atoms. The minimum atomic E-state index is 0.359. The Morgan fingerprint density at radius 1 is 1.30 bits per heavy atom. The largest absolute Gasteiger partial charge is 0.339 e. The molecule has 116 valence electrons. The molecule has 3 heteroatoms. The maximum absolute atomic E-state index is 12.5. The van der Waals surface area contributed by atoms with Gasteiger partial charge in [-0.05, 0) is 43.1 Å². The van der Waals surface area contributed by atoms with Gasteiger partial charge >= 0.3 is 0 Å². The fraction of sp³-hybridized carbons (Fsp3) is 0.941. The van der Waals surface area contributed by atoms with Crippen LogP contribution < -0.4 is 5.32 Å². The van der Waals surface area contributed by atoms with Crippen molar-refractivity contribution in [3.8, 4) is 0 Å². The molecule has 2 fully saturated rings. The number of likely N-dealkylation sites (tertiary alicyclic amines) is 1. The Morgan fingerprint density at radius 2 is 2.00 bits per heavy atom. The molecule has 1 saturated heterocycles. The second kappa shape index (κ2) is 5.67. The molecule has 2 atom stereocenters. The fourth-order valence-corrected chi connectivity index (χ4v) is 4.53. The first-order chi connectivity index (χ1) is 9.21. The van der Waals surface area contributed by atoms with E-state index in [1.807, 2.05) is 0 Å². The van der Waals surface area contributed by atoms with Gasteiger partial charge in [0, 0.05) is 25.0 Å². The molecule has 1 aliphatic carbocycles. The standard InChI is InChI=1S/C17H32N2O/c1-13(2)18-8-6-7-15(20)19-12-17(5)10-14(19)9-16(3,4)11-17/h13-14,18H,6-12H2,1-5H3. The van der Waals surface area contributed by atoms with Crippen LogP contribution in [0.1, 0.15) is 66.7 Å². The van der Waals surface area contributed by atoms with Crippen molar-refractivity contribution in [1.82, 2.24) is 10.2 Å². The van der Waals surface area contributed by atoms with E-state index in [-0.39, 0.29) is 0 Å². The molecule has 0 aromatic rings. The van der Waals surface area contributed by atoms with E-state index in [0.29, 0.717) is 35.2 Å². The number of fused-ring (bicyclic) bond motifs is 2. The molecule has 1 amide bonds. The summed E-state index contributed by atoms with van der Waals surface area (Å²) in [7, 11) is 0. The Bertz CT molecular complexity index is 364. The van der Waals surface area contributed by atoms with E-state index in [2.05, 4.69) is 44.8 Å². The molecule has 1 aliphatic heterocycles. The predicted octanol–water partition coefficient (Wildman–Crippen LogP) is 3.19. The fourth-order valence-electron chi connectivity index (χ4n) is 4.53. The van der Waals surface area contributed by atoms with Crippen LogP contribution in [0.5, 0.6) is 0 Å². The molecule has 0 radical (unpaired) electrons. The number of hydrogen-bond donors (Lipinski definition) is 1. The summed E-state index contributed by atoms with van der Waals surface area (Å²) < 4.78 is 0. The van der Waals surface area contributed by atoms with Crippen molar-refractivity contribution in [2.45, 2.75) is 78.8 Å². The molecule has 2 aliphatic rings. The van der Waals surface area contributed by atoms with Crippen molar-refractivity contribution in [2.75, 3.05) is 13.1 Å². The monoisotopic (exact) mass is 280 g/mol. The van der Waals surface area contributed by atoms with Crippen molar-refractivity contribution in [1.29, 1.82) is 0 Å². The van der Waals surface area contributed by atoms with Crippen LogP contribution in [0, 0.1) is 10.8 Å². The van der Waals surface area contributed by atoms with Crippen molar-refractivity contribution in [2.24, 2.45) is 10.8 Å². The van der Waals surface area contributed by atoms with Gasteiger partial charge in [0.1, 0.15) is 0 Å². The number of amides is 1. The van der Waals surface area contributed by atoms with Crippen molar-refractivity contribution in [3.63, 3.8) is 0 Å². The first-order valence-corrected chi connectivity index (χ1v) is 8.24. The Labute approximate surface area is 124 Å². The highest BCUT2D eigenvalue weighted by Gasteiger charge is 2.50. The summed E-state index contributed by atoms with van der Waals surface area (Å²) in [6.45, 7) is 13.3. The summed E-state index contributed by atoms with van der Waals surface area (Å²) in [5, 5.41) is 3.39. The average molecular weight is 280 g/mol. The highest BCUT2D eigenvalue weighted by atomic mass is 16.2. The van der Waals surface area contributed by atoms with Crippen molar-refractivity contribution >= 4 is 5.91 Å². The van der Waals surface area contributed by atoms with E-state index in [1.165, 1.54) is 19.3 Å². The predicted molar refractivity (Wildman–Crippen MR) is 83.6 cm³/mol. The Hall–Kier alpha value is -0.570. The molecule has 1 heterocycles. The van der Waals surface area contributed by atoms with Gasteiger partial charge in [-0.1, -0.05) is 34.6 Å².